The second kappa shape index (κ2) is 40.1. The van der Waals surface area contributed by atoms with Gasteiger partial charge in [0.2, 0.25) is 51.7 Å². The molecule has 5 amide bonds. The zero-order valence-corrected chi connectivity index (χ0v) is 76.2. The van der Waals surface area contributed by atoms with E-state index in [0.29, 0.717) is 149 Å². The van der Waals surface area contributed by atoms with E-state index in [0.717, 1.165) is 62.4 Å². The van der Waals surface area contributed by atoms with Crippen LogP contribution in [0.4, 0.5) is 50.4 Å². The Morgan fingerprint density at radius 1 is 0.389 bits per heavy atom. The highest BCUT2D eigenvalue weighted by Crippen LogP contribution is 2.43. The number of carbonyl (C=O) groups is 5. The Morgan fingerprint density at radius 2 is 0.722 bits per heavy atom. The summed E-state index contributed by atoms with van der Waals surface area (Å²) in [6.45, 7) is 1.43. The lowest BCUT2D eigenvalue weighted by atomic mass is 10.1. The van der Waals surface area contributed by atoms with E-state index >= 15 is 0 Å². The molecule has 6 aliphatic heterocycles. The molecule has 1 saturated heterocycles. The van der Waals surface area contributed by atoms with Crippen molar-refractivity contribution in [1.82, 2.24) is 56.3 Å². The van der Waals surface area contributed by atoms with E-state index in [1.165, 1.54) is 66.1 Å². The number of rotatable bonds is 21. The first-order chi connectivity index (χ1) is 70.1. The van der Waals surface area contributed by atoms with Gasteiger partial charge in [0.15, 0.2) is 63.3 Å². The fourth-order valence-electron chi connectivity index (χ4n) is 16.0. The molecule has 0 bridgehead atoms. The summed E-state index contributed by atoms with van der Waals surface area (Å²) in [6.07, 6.45) is 22.2. The smallest absolute Gasteiger partial charge is 0.291 e. The summed E-state index contributed by atoms with van der Waals surface area (Å²) in [5, 5.41) is 75.8. The number of aliphatic hydroxyl groups is 2. The molecule has 2 atom stereocenters. The minimum absolute atomic E-state index is 0.00909. The molecule has 3 fully saturated rings. The molecule has 13 heterocycles. The first-order valence-electron chi connectivity index (χ1n) is 45.1. The van der Waals surface area contributed by atoms with Crippen LogP contribution in [-0.2, 0) is 25.6 Å². The Kier molecular flexibility index (Phi) is 25.8. The van der Waals surface area contributed by atoms with Crippen molar-refractivity contribution in [2.45, 2.75) is 56.3 Å². The minimum atomic E-state index is -1.38. The molecule has 0 unspecified atom stereocenters. The predicted octanol–water partition coefficient (Wildman–Crippen LogP) is 18.6. The molecular weight excluding hydrogens is 1890 g/mol. The van der Waals surface area contributed by atoms with Crippen molar-refractivity contribution in [3.8, 4) is 57.5 Å². The number of hydrogen-bond acceptors (Lipinski definition) is 25. The number of thiophene rings is 1. The maximum atomic E-state index is 14.5. The molecule has 726 valence electrons. The van der Waals surface area contributed by atoms with E-state index in [1.807, 2.05) is 151 Å². The highest BCUT2D eigenvalue weighted by molar-refractivity contribution is 7.10. The number of carbonyl (C=O) groups excluding carboxylic acids is 5. The summed E-state index contributed by atoms with van der Waals surface area (Å²) in [7, 11) is 0. The molecule has 7 aromatic heterocycles. The van der Waals surface area contributed by atoms with Crippen LogP contribution in [0.15, 0.2) is 192 Å². The number of fused-ring (bicyclic) bond motifs is 10. The summed E-state index contributed by atoms with van der Waals surface area (Å²) >= 11 is 1.49. The summed E-state index contributed by atoms with van der Waals surface area (Å²) < 4.78 is 130. The number of halogens is 5. The second-order valence-electron chi connectivity index (χ2n) is 34.0. The van der Waals surface area contributed by atoms with Crippen LogP contribution in [0.2, 0.25) is 0 Å². The van der Waals surface area contributed by atoms with Crippen LogP contribution in [0.1, 0.15) is 104 Å². The molecule has 0 radical (unpaired) electrons. The van der Waals surface area contributed by atoms with Gasteiger partial charge in [-0.2, -0.15) is 25.5 Å². The van der Waals surface area contributed by atoms with E-state index in [2.05, 4.69) is 82.9 Å². The number of nitrogens with zero attached hydrogens (tertiary/aromatic N) is 5. The molecule has 13 N–H and O–H groups in total. The fourth-order valence-corrected chi connectivity index (χ4v) is 16.7. The van der Waals surface area contributed by atoms with Crippen LogP contribution in [0, 0.1) is 35.0 Å². The van der Waals surface area contributed by atoms with E-state index in [1.54, 1.807) is 42.5 Å². The van der Waals surface area contributed by atoms with Crippen molar-refractivity contribution in [3.63, 3.8) is 0 Å². The highest BCUT2D eigenvalue weighted by Gasteiger charge is 2.48. The topological polar surface area (TPSA) is 447 Å². The van der Waals surface area contributed by atoms with Crippen molar-refractivity contribution in [2.75, 3.05) is 67.1 Å². The SMILES string of the molecule is O=C(Cc1cccs1)Nc1cc2c(/C=C/c3ccc4c(c3)OCO4)n[nH]c2cc1F.O=C(Nc1cc2c(/C=C/c3ccc4c(c3)OCO4)n[nH]c2cc1F)C1(O)CC1.O=C(Nc1cc2c(/C=C/c3ccc4c(c3)OCO4)n[nH]c2cc1F)C1CC1.O=C(Nc1cc2c(/C=C/c3ccc4c(c3)OCO4)n[nH]c2cc1F)[C@@H]1C[C@@H](O)CN1.O=C(Nc1cc2c(/C=C/c3ccc4c(c3)OCO4)n[nH]c2cc1F)c1ccco1. The highest BCUT2D eigenvalue weighted by atomic mass is 32.1. The molecule has 2 saturated carbocycles. The van der Waals surface area contributed by atoms with Crippen LogP contribution in [0.5, 0.6) is 57.5 Å². The Hall–Kier alpha value is -17.9. The third kappa shape index (κ3) is 20.9. The molecule has 2 aliphatic carbocycles. The summed E-state index contributed by atoms with van der Waals surface area (Å²) in [4.78, 5) is 61.7. The summed E-state index contributed by atoms with van der Waals surface area (Å²) in [5.41, 5.74) is 9.35. The average Bonchev–Trinajstić information content (AvgIpc) is 1.63. The van der Waals surface area contributed by atoms with Crippen LogP contribution in [0.25, 0.3) is 115 Å². The van der Waals surface area contributed by atoms with Gasteiger partial charge in [-0.1, -0.05) is 66.8 Å². The quantitative estimate of drug-likeness (QED) is 0.0297. The molecule has 25 rings (SSSR count). The van der Waals surface area contributed by atoms with Gasteiger partial charge in [-0.15, -0.1) is 11.3 Å². The number of amides is 5. The van der Waals surface area contributed by atoms with Gasteiger partial charge in [-0.3, -0.25) is 49.5 Å². The van der Waals surface area contributed by atoms with E-state index < -0.39 is 58.6 Å². The second-order valence-corrected chi connectivity index (χ2v) is 35.0. The molecule has 0 spiro atoms. The first-order valence-corrected chi connectivity index (χ1v) is 46.0. The lowest BCUT2D eigenvalue weighted by Crippen LogP contribution is -2.35. The Morgan fingerprint density at radius 3 is 1.03 bits per heavy atom. The van der Waals surface area contributed by atoms with Gasteiger partial charge >= 0.3 is 0 Å². The number of ether oxygens (including phenoxy) is 10. The van der Waals surface area contributed by atoms with Crippen molar-refractivity contribution in [1.29, 1.82) is 0 Å². The van der Waals surface area contributed by atoms with E-state index in [4.69, 9.17) is 51.8 Å². The van der Waals surface area contributed by atoms with Crippen molar-refractivity contribution in [3.05, 3.63) is 284 Å². The minimum Gasteiger partial charge on any atom is -0.459 e. The number of furan rings is 1. The zero-order valence-electron chi connectivity index (χ0n) is 75.3. The van der Waals surface area contributed by atoms with Crippen LogP contribution < -0.4 is 79.3 Å². The van der Waals surface area contributed by atoms with Crippen molar-refractivity contribution >= 4 is 185 Å². The van der Waals surface area contributed by atoms with Gasteiger partial charge in [0.1, 0.15) is 34.7 Å². The average molecular weight is 1970 g/mol. The number of aromatic nitrogens is 10. The largest absolute Gasteiger partial charge is 0.459 e. The third-order valence-electron chi connectivity index (χ3n) is 24.0. The standard InChI is InChI=1S/C22H16FN3O3S.C21H19FN4O4.C21H14FN3O4.C20H16FN3O4.C20H16FN3O3/c23-16-11-18-15(10-19(16)24-22(27)9-14-2-1-7-30-14)17(25-26-18)5-3-13-4-6-20-21(8-13)29-12-28-20;22-14-8-16-13(7-17(14)24-21(28)18-6-12(27)9-23-18)15(25-26-16)3-1-11-2-4-19-20(5-11)30-10-29-19;22-14-10-16-13(9-17(14)23-21(26)19-2-1-7-27-19)15(24-25-16)5-3-12-4-6-18-20(8-12)29-11-28-18;21-13-9-15-12(8-16(13)22-19(25)20(26)5-6-20)14(23-24-15)3-1-11-2-4-17-18(7-11)28-10-27-17;21-14-9-16-13(8-17(14)22-20(25)12-3-4-12)15(23-24-16)5-1-11-2-6-18-19(7-11)27-10-26-18/h1-8,10-11H,9,12H2,(H,24,27)(H,25,26);1-5,7-8,12,18,23,27H,6,9-10H2,(H,24,28)(H,25,26);1-10H,11H2,(H,23,26)(H,24,25);1-4,7-9,26H,5-6,10H2,(H,22,25)(H,23,24);1-2,5-9,12H,3-4,10H2,(H,22,25)(H,23,24)/b5-3+;3-1+;5-3+;3-1+;5-1+/t;12-,18+;;;/m.1.../s1. The first kappa shape index (κ1) is 92.5. The Labute approximate surface area is 814 Å². The Balaban J connectivity index is 0.000000106. The lowest BCUT2D eigenvalue weighted by molar-refractivity contribution is -0.126. The third-order valence-corrected chi connectivity index (χ3v) is 24.9. The van der Waals surface area contributed by atoms with Crippen LogP contribution in [-0.4, -0.2) is 149 Å². The maximum Gasteiger partial charge on any atom is 0.291 e. The Bertz CT molecular complexity index is 8040. The van der Waals surface area contributed by atoms with Crippen molar-refractivity contribution < 1.29 is 108 Å². The molecule has 8 aliphatic rings. The van der Waals surface area contributed by atoms with Gasteiger partial charge in [0.25, 0.3) is 11.8 Å². The van der Waals surface area contributed by atoms with Gasteiger partial charge in [-0.05, 0) is 205 Å². The molecule has 10 aromatic carbocycles. The van der Waals surface area contributed by atoms with Gasteiger partial charge < -0.3 is 93.9 Å². The normalized spacial score (nSPS) is 15.6. The lowest BCUT2D eigenvalue weighted by Gasteiger charge is -2.12. The molecule has 34 nitrogen and oxygen atoms in total. The van der Waals surface area contributed by atoms with Gasteiger partial charge in [-0.25, -0.2) is 22.0 Å². The van der Waals surface area contributed by atoms with Gasteiger partial charge in [0.05, 0.1) is 109 Å². The van der Waals surface area contributed by atoms with Gasteiger partial charge in [0, 0.05) is 74.6 Å². The maximum absolute atomic E-state index is 14.5. The molecular formula is C104H81F5N16O18S. The number of nitrogens with one attached hydrogen (secondary N) is 11. The number of H-pyrrole nitrogens is 5. The number of benzene rings is 10. The summed E-state index contributed by atoms with van der Waals surface area (Å²) in [6, 6.07) is 48.7. The van der Waals surface area contributed by atoms with E-state index in [9.17, 15) is 56.1 Å². The monoisotopic (exact) mass is 1970 g/mol. The molecule has 144 heavy (non-hydrogen) atoms. The number of aromatic amines is 5. The fraction of sp³-hybridized carbons (Fsp3) is 0.154. The summed E-state index contributed by atoms with van der Waals surface area (Å²) in [5.74, 6) is 2.47. The number of anilines is 5. The van der Waals surface area contributed by atoms with Crippen LogP contribution in [0.3, 0.4) is 0 Å². The molecule has 17 aromatic rings. The van der Waals surface area contributed by atoms with Crippen LogP contribution >= 0.6 is 11.3 Å². The molecule has 40 heteroatoms. The van der Waals surface area contributed by atoms with E-state index in [-0.39, 0.29) is 98.2 Å². The zero-order chi connectivity index (χ0) is 98.6. The number of β-amino-alcohol motifs (C(OH)–C–C–N with tert-alkyl or cyclic N) is 1. The number of hydrogen-bond donors (Lipinski definition) is 13. The number of aliphatic hydroxyl groups excluding tert-OH is 1. The van der Waals surface area contributed by atoms with Crippen molar-refractivity contribution in [2.24, 2.45) is 5.92 Å². The predicted molar refractivity (Wildman–Crippen MR) is 526 cm³/mol.